The molecule has 2 amide bonds. The van der Waals surface area contributed by atoms with Crippen molar-refractivity contribution in [1.82, 2.24) is 14.9 Å². The number of rotatable bonds is 7. The molecular weight excluding hydrogens is 488 g/mol. The fourth-order valence-electron chi connectivity index (χ4n) is 4.81. The minimum absolute atomic E-state index is 0.0825. The molecule has 3 heterocycles. The van der Waals surface area contributed by atoms with E-state index in [-0.39, 0.29) is 30.2 Å². The van der Waals surface area contributed by atoms with Gasteiger partial charge in [-0.3, -0.25) is 14.9 Å². The number of methoxy groups -OCH3 is 1. The van der Waals surface area contributed by atoms with Gasteiger partial charge in [0, 0.05) is 48.3 Å². The molecule has 1 aliphatic rings. The Morgan fingerprint density at radius 3 is 2.70 bits per heavy atom. The monoisotopic (exact) mass is 514 g/mol. The van der Waals surface area contributed by atoms with Crippen molar-refractivity contribution in [2.24, 2.45) is 0 Å². The third kappa shape index (κ3) is 4.83. The molecule has 8 nitrogen and oxygen atoms in total. The van der Waals surface area contributed by atoms with E-state index in [0.29, 0.717) is 23.8 Å². The van der Waals surface area contributed by atoms with Gasteiger partial charge in [-0.05, 0) is 35.7 Å². The largest absolute Gasteiger partial charge is 0.496 e. The van der Waals surface area contributed by atoms with Gasteiger partial charge in [0.25, 0.3) is 5.91 Å². The van der Waals surface area contributed by atoms with Crippen molar-refractivity contribution in [3.8, 4) is 28.1 Å². The summed E-state index contributed by atoms with van der Waals surface area (Å²) in [7, 11) is 1.64. The summed E-state index contributed by atoms with van der Waals surface area (Å²) in [5, 5.41) is 14.9. The molecule has 0 aliphatic carbocycles. The summed E-state index contributed by atoms with van der Waals surface area (Å²) >= 11 is 1.32. The number of aromatic nitrogens is 2. The number of pyridine rings is 1. The number of ether oxygens (including phenoxy) is 1. The molecule has 2 aromatic heterocycles. The van der Waals surface area contributed by atoms with Crippen LogP contribution in [-0.2, 0) is 11.3 Å². The zero-order chi connectivity index (χ0) is 25.9. The van der Waals surface area contributed by atoms with Gasteiger partial charge in [-0.15, -0.1) is 11.3 Å². The maximum Gasteiger partial charge on any atom is 0.276 e. The van der Waals surface area contributed by atoms with Crippen LogP contribution in [0, 0.1) is 0 Å². The molecule has 37 heavy (non-hydrogen) atoms. The Morgan fingerprint density at radius 2 is 1.97 bits per heavy atom. The summed E-state index contributed by atoms with van der Waals surface area (Å²) in [4.78, 5) is 36.3. The fraction of sp³-hybridized carbons (Fsp3) is 0.214. The molecular formula is C28H26N4O4S. The smallest absolute Gasteiger partial charge is 0.276 e. The third-order valence-electron chi connectivity index (χ3n) is 6.44. The van der Waals surface area contributed by atoms with Crippen LogP contribution >= 0.6 is 11.3 Å². The maximum atomic E-state index is 13.1. The number of fused-ring (bicyclic) bond motifs is 1. The van der Waals surface area contributed by atoms with E-state index in [1.54, 1.807) is 29.7 Å². The number of nitrogens with zero attached hydrogens (tertiary/aromatic N) is 3. The Labute approximate surface area is 218 Å². The molecule has 2 N–H and O–H groups in total. The molecule has 0 radical (unpaired) electrons. The van der Waals surface area contributed by atoms with Crippen LogP contribution in [0.3, 0.4) is 0 Å². The van der Waals surface area contributed by atoms with Crippen LogP contribution in [0.2, 0.25) is 0 Å². The Bertz CT molecular complexity index is 1450. The van der Waals surface area contributed by atoms with Gasteiger partial charge in [-0.25, -0.2) is 9.97 Å². The highest BCUT2D eigenvalue weighted by Crippen LogP contribution is 2.42. The van der Waals surface area contributed by atoms with E-state index in [0.717, 1.165) is 33.6 Å². The molecule has 0 spiro atoms. The van der Waals surface area contributed by atoms with E-state index in [1.165, 1.54) is 18.3 Å². The Balaban J connectivity index is 1.66. The number of carbonyl (C=O) groups is 2. The Hall–Kier alpha value is -4.08. The highest BCUT2D eigenvalue weighted by molar-refractivity contribution is 7.13. The SMILES string of the molecule is COc1ccccc1-c1cccc(-c2nc(C(=O)Nc3nccs3)cc3c2[C@@H](CCO)N(C(C)=O)C3)c1. The summed E-state index contributed by atoms with van der Waals surface area (Å²) in [6.45, 7) is 1.77. The third-order valence-corrected chi connectivity index (χ3v) is 7.13. The lowest BCUT2D eigenvalue weighted by atomic mass is 9.93. The molecule has 5 rings (SSSR count). The number of aliphatic hydroxyl groups excluding tert-OH is 1. The minimum Gasteiger partial charge on any atom is -0.496 e. The lowest BCUT2D eigenvalue weighted by molar-refractivity contribution is -0.131. The van der Waals surface area contributed by atoms with Crippen molar-refractivity contribution in [1.29, 1.82) is 0 Å². The Kier molecular flexibility index (Phi) is 6.98. The number of carbonyl (C=O) groups excluding carboxylic acids is 2. The maximum absolute atomic E-state index is 13.1. The van der Waals surface area contributed by atoms with Crippen LogP contribution in [0.5, 0.6) is 5.75 Å². The van der Waals surface area contributed by atoms with Gasteiger partial charge in [0.15, 0.2) is 5.13 Å². The topological polar surface area (TPSA) is 105 Å². The lowest BCUT2D eigenvalue weighted by Gasteiger charge is -2.24. The van der Waals surface area contributed by atoms with Crippen LogP contribution in [0.15, 0.2) is 66.2 Å². The average molecular weight is 515 g/mol. The quantitative estimate of drug-likeness (QED) is 0.363. The van der Waals surface area contributed by atoms with Gasteiger partial charge in [-0.2, -0.15) is 0 Å². The minimum atomic E-state index is -0.375. The summed E-state index contributed by atoms with van der Waals surface area (Å²) in [6, 6.07) is 17.0. The molecule has 0 saturated heterocycles. The normalized spacial score (nSPS) is 14.4. The number of anilines is 1. The number of para-hydroxylation sites is 1. The van der Waals surface area contributed by atoms with E-state index in [1.807, 2.05) is 48.5 Å². The van der Waals surface area contributed by atoms with Crippen molar-refractivity contribution in [3.63, 3.8) is 0 Å². The first-order valence-electron chi connectivity index (χ1n) is 11.9. The second-order valence-electron chi connectivity index (χ2n) is 8.68. The zero-order valence-electron chi connectivity index (χ0n) is 20.5. The van der Waals surface area contributed by atoms with Gasteiger partial charge in [0.1, 0.15) is 11.4 Å². The van der Waals surface area contributed by atoms with E-state index >= 15 is 0 Å². The Morgan fingerprint density at radius 1 is 1.16 bits per heavy atom. The van der Waals surface area contributed by atoms with Gasteiger partial charge in [0.05, 0.1) is 18.8 Å². The van der Waals surface area contributed by atoms with Gasteiger partial charge >= 0.3 is 0 Å². The number of aliphatic hydroxyl groups is 1. The standard InChI is InChI=1S/C28H26N4O4S/c1-17(34)32-16-20-15-22(27(35)31-28-29-11-13-37-28)30-26(25(20)23(32)10-12-33)19-7-5-6-18(14-19)21-8-3-4-9-24(21)36-2/h3-9,11,13-15,23,33H,10,12,16H2,1-2H3,(H,29,31,35)/t23-/m1/s1. The van der Waals surface area contributed by atoms with E-state index < -0.39 is 0 Å². The van der Waals surface area contributed by atoms with Gasteiger partial charge < -0.3 is 14.7 Å². The lowest BCUT2D eigenvalue weighted by Crippen LogP contribution is -2.27. The zero-order valence-corrected chi connectivity index (χ0v) is 21.3. The molecule has 0 fully saturated rings. The molecule has 4 aromatic rings. The highest BCUT2D eigenvalue weighted by Gasteiger charge is 2.35. The first-order valence-corrected chi connectivity index (χ1v) is 12.7. The second kappa shape index (κ2) is 10.5. The van der Waals surface area contributed by atoms with Crippen molar-refractivity contribution in [2.75, 3.05) is 19.0 Å². The van der Waals surface area contributed by atoms with Crippen LogP contribution in [-0.4, -0.2) is 45.5 Å². The number of amides is 2. The first kappa shape index (κ1) is 24.6. The number of thiazole rings is 1. The van der Waals surface area contributed by atoms with Crippen molar-refractivity contribution in [3.05, 3.63) is 83.0 Å². The van der Waals surface area contributed by atoms with E-state index in [2.05, 4.69) is 10.3 Å². The highest BCUT2D eigenvalue weighted by atomic mass is 32.1. The van der Waals surface area contributed by atoms with E-state index in [9.17, 15) is 14.7 Å². The molecule has 1 atom stereocenters. The van der Waals surface area contributed by atoms with Crippen molar-refractivity contribution >= 4 is 28.3 Å². The van der Waals surface area contributed by atoms with Crippen molar-refractivity contribution in [2.45, 2.75) is 25.9 Å². The van der Waals surface area contributed by atoms with Crippen LogP contribution in [0.1, 0.15) is 41.0 Å². The predicted octanol–water partition coefficient (Wildman–Crippen LogP) is 4.92. The summed E-state index contributed by atoms with van der Waals surface area (Å²) in [5.74, 6) is 0.271. The second-order valence-corrected chi connectivity index (χ2v) is 9.57. The molecule has 0 saturated carbocycles. The number of nitrogens with one attached hydrogen (secondary N) is 1. The average Bonchev–Trinajstić information content (AvgIpc) is 3.56. The number of hydrogen-bond donors (Lipinski definition) is 2. The molecule has 2 aromatic carbocycles. The molecule has 188 valence electrons. The molecule has 0 unspecified atom stereocenters. The first-order chi connectivity index (χ1) is 18.0. The summed E-state index contributed by atoms with van der Waals surface area (Å²) < 4.78 is 5.56. The van der Waals surface area contributed by atoms with Gasteiger partial charge in [0.2, 0.25) is 5.91 Å². The number of hydrogen-bond acceptors (Lipinski definition) is 7. The summed E-state index contributed by atoms with van der Waals surface area (Å²) in [6.07, 6.45) is 1.99. The predicted molar refractivity (Wildman–Crippen MR) is 142 cm³/mol. The van der Waals surface area contributed by atoms with Crippen LogP contribution in [0.4, 0.5) is 5.13 Å². The fourth-order valence-corrected chi connectivity index (χ4v) is 5.34. The van der Waals surface area contributed by atoms with Gasteiger partial charge in [-0.1, -0.05) is 36.4 Å². The summed E-state index contributed by atoms with van der Waals surface area (Å²) in [5.41, 5.74) is 5.21. The molecule has 0 bridgehead atoms. The molecule has 1 aliphatic heterocycles. The van der Waals surface area contributed by atoms with Crippen molar-refractivity contribution < 1.29 is 19.4 Å². The molecule has 9 heteroatoms. The van der Waals surface area contributed by atoms with Crippen LogP contribution in [0.25, 0.3) is 22.4 Å². The van der Waals surface area contributed by atoms with Crippen LogP contribution < -0.4 is 10.1 Å². The van der Waals surface area contributed by atoms with E-state index in [4.69, 9.17) is 9.72 Å². The number of benzene rings is 2.